The maximum absolute atomic E-state index is 6.05. The fraction of sp³-hybridized carbons (Fsp3) is 0.400. The molecule has 0 aliphatic rings. The van der Waals surface area contributed by atoms with E-state index >= 15 is 0 Å². The second-order valence-electron chi connectivity index (χ2n) is 3.02. The van der Waals surface area contributed by atoms with Gasteiger partial charge in [-0.05, 0) is 30.2 Å². The predicted molar refractivity (Wildman–Crippen MR) is 55.5 cm³/mol. The quantitative estimate of drug-likeness (QED) is 0.812. The number of halogens is 1. The van der Waals surface area contributed by atoms with Crippen LogP contribution in [0.25, 0.3) is 0 Å². The van der Waals surface area contributed by atoms with Crippen LogP contribution >= 0.6 is 11.6 Å². The van der Waals surface area contributed by atoms with E-state index < -0.39 is 0 Å². The molecular weight excluding hydrogens is 186 g/mol. The van der Waals surface area contributed by atoms with Gasteiger partial charge in [-0.1, -0.05) is 24.6 Å². The van der Waals surface area contributed by atoms with Crippen LogP contribution in [0, 0.1) is 0 Å². The van der Waals surface area contributed by atoms with Crippen LogP contribution in [0.5, 0.6) is 5.75 Å². The molecule has 2 N–H and O–H groups in total. The lowest BCUT2D eigenvalue weighted by molar-refractivity contribution is 0.414. The zero-order valence-electron chi connectivity index (χ0n) is 7.88. The van der Waals surface area contributed by atoms with Crippen molar-refractivity contribution in [2.24, 2.45) is 5.73 Å². The molecule has 0 bridgehead atoms. The molecule has 0 spiro atoms. The van der Waals surface area contributed by atoms with Gasteiger partial charge in [0.15, 0.2) is 0 Å². The van der Waals surface area contributed by atoms with E-state index in [1.165, 1.54) is 0 Å². The van der Waals surface area contributed by atoms with Crippen LogP contribution in [-0.4, -0.2) is 13.7 Å². The highest BCUT2D eigenvalue weighted by molar-refractivity contribution is 6.31. The summed E-state index contributed by atoms with van der Waals surface area (Å²) < 4.78 is 5.05. The van der Waals surface area contributed by atoms with E-state index in [9.17, 15) is 0 Å². The Kier molecular flexibility index (Phi) is 3.58. The molecule has 0 saturated heterocycles. The largest absolute Gasteiger partial charge is 0.497 e. The molecule has 0 aromatic heterocycles. The highest BCUT2D eigenvalue weighted by atomic mass is 35.5. The van der Waals surface area contributed by atoms with E-state index in [4.69, 9.17) is 22.1 Å². The molecule has 0 aliphatic heterocycles. The minimum Gasteiger partial charge on any atom is -0.497 e. The average Bonchev–Trinajstić information content (AvgIpc) is 2.16. The van der Waals surface area contributed by atoms with E-state index in [-0.39, 0.29) is 0 Å². The van der Waals surface area contributed by atoms with Gasteiger partial charge in [0.05, 0.1) is 7.11 Å². The third-order valence-corrected chi connectivity index (χ3v) is 2.42. The Labute approximate surface area is 83.6 Å². The van der Waals surface area contributed by atoms with Gasteiger partial charge in [0, 0.05) is 5.02 Å². The minimum atomic E-state index is 0.290. The molecule has 2 nitrogen and oxygen atoms in total. The summed E-state index contributed by atoms with van der Waals surface area (Å²) in [4.78, 5) is 0. The Morgan fingerprint density at radius 1 is 1.54 bits per heavy atom. The van der Waals surface area contributed by atoms with Crippen molar-refractivity contribution in [1.82, 2.24) is 0 Å². The van der Waals surface area contributed by atoms with Gasteiger partial charge in [-0.15, -0.1) is 0 Å². The molecule has 0 aliphatic carbocycles. The highest BCUT2D eigenvalue weighted by Gasteiger charge is 2.08. The molecule has 72 valence electrons. The third kappa shape index (κ3) is 2.36. The Balaban J connectivity index is 2.98. The first-order valence-electron chi connectivity index (χ1n) is 4.22. The molecule has 0 amide bonds. The summed E-state index contributed by atoms with van der Waals surface area (Å²) in [6.45, 7) is 2.65. The van der Waals surface area contributed by atoms with Crippen molar-refractivity contribution in [2.45, 2.75) is 12.8 Å². The number of hydrogen-bond donors (Lipinski definition) is 1. The van der Waals surface area contributed by atoms with Crippen molar-refractivity contribution in [3.8, 4) is 5.75 Å². The van der Waals surface area contributed by atoms with Crippen LogP contribution in [-0.2, 0) is 0 Å². The van der Waals surface area contributed by atoms with Gasteiger partial charge in [-0.3, -0.25) is 0 Å². The summed E-state index contributed by atoms with van der Waals surface area (Å²) in [5.41, 5.74) is 6.63. The van der Waals surface area contributed by atoms with Gasteiger partial charge >= 0.3 is 0 Å². The maximum Gasteiger partial charge on any atom is 0.120 e. The second-order valence-corrected chi connectivity index (χ2v) is 3.43. The van der Waals surface area contributed by atoms with Crippen LogP contribution in [0.15, 0.2) is 18.2 Å². The van der Waals surface area contributed by atoms with Crippen LogP contribution in [0.2, 0.25) is 5.02 Å². The standard InChI is InChI=1S/C10H14ClNO/c1-7(6-12)9-4-3-8(13-2)5-10(9)11/h3-5,7H,6,12H2,1-2H3. The molecule has 0 saturated carbocycles. The zero-order valence-corrected chi connectivity index (χ0v) is 8.64. The van der Waals surface area contributed by atoms with Crippen molar-refractivity contribution in [3.05, 3.63) is 28.8 Å². The Morgan fingerprint density at radius 3 is 2.69 bits per heavy atom. The monoisotopic (exact) mass is 199 g/mol. The number of methoxy groups -OCH3 is 1. The minimum absolute atomic E-state index is 0.290. The molecule has 1 unspecified atom stereocenters. The van der Waals surface area contributed by atoms with E-state index in [2.05, 4.69) is 0 Å². The first-order valence-corrected chi connectivity index (χ1v) is 4.60. The summed E-state index contributed by atoms with van der Waals surface area (Å²) in [5, 5.41) is 0.720. The number of ether oxygens (including phenoxy) is 1. The maximum atomic E-state index is 6.05. The lowest BCUT2D eigenvalue weighted by atomic mass is 10.0. The Hall–Kier alpha value is -0.730. The fourth-order valence-electron chi connectivity index (χ4n) is 1.16. The van der Waals surface area contributed by atoms with Crippen LogP contribution < -0.4 is 10.5 Å². The number of benzene rings is 1. The van der Waals surface area contributed by atoms with Crippen LogP contribution in [0.1, 0.15) is 18.4 Å². The topological polar surface area (TPSA) is 35.2 Å². The average molecular weight is 200 g/mol. The van der Waals surface area contributed by atoms with Gasteiger partial charge in [-0.25, -0.2) is 0 Å². The van der Waals surface area contributed by atoms with Crippen molar-refractivity contribution in [3.63, 3.8) is 0 Å². The van der Waals surface area contributed by atoms with Crippen LogP contribution in [0.4, 0.5) is 0 Å². The van der Waals surface area contributed by atoms with E-state index in [1.807, 2.05) is 25.1 Å². The van der Waals surface area contributed by atoms with Crippen molar-refractivity contribution >= 4 is 11.6 Å². The molecule has 0 radical (unpaired) electrons. The van der Waals surface area contributed by atoms with Crippen molar-refractivity contribution in [2.75, 3.05) is 13.7 Å². The summed E-state index contributed by atoms with van der Waals surface area (Å²) in [5.74, 6) is 1.07. The third-order valence-electron chi connectivity index (χ3n) is 2.09. The number of rotatable bonds is 3. The lowest BCUT2D eigenvalue weighted by Gasteiger charge is -2.11. The molecule has 0 fully saturated rings. The fourth-order valence-corrected chi connectivity index (χ4v) is 1.52. The molecule has 1 rings (SSSR count). The smallest absolute Gasteiger partial charge is 0.120 e. The highest BCUT2D eigenvalue weighted by Crippen LogP contribution is 2.27. The summed E-state index contributed by atoms with van der Waals surface area (Å²) in [7, 11) is 1.62. The molecular formula is C10H14ClNO. The summed E-state index contributed by atoms with van der Waals surface area (Å²) in [6, 6.07) is 5.66. The summed E-state index contributed by atoms with van der Waals surface area (Å²) in [6.07, 6.45) is 0. The molecule has 1 atom stereocenters. The van der Waals surface area contributed by atoms with Gasteiger partial charge < -0.3 is 10.5 Å². The SMILES string of the molecule is COc1ccc(C(C)CN)c(Cl)c1. The normalized spacial score (nSPS) is 12.6. The van der Waals surface area contributed by atoms with Crippen molar-refractivity contribution in [1.29, 1.82) is 0 Å². The lowest BCUT2D eigenvalue weighted by Crippen LogP contribution is -2.09. The van der Waals surface area contributed by atoms with Gasteiger partial charge in [0.2, 0.25) is 0 Å². The second kappa shape index (κ2) is 4.49. The van der Waals surface area contributed by atoms with Crippen LogP contribution in [0.3, 0.4) is 0 Å². The predicted octanol–water partition coefficient (Wildman–Crippen LogP) is 2.41. The first kappa shape index (κ1) is 10.4. The Bertz CT molecular complexity index is 288. The van der Waals surface area contributed by atoms with Crippen molar-refractivity contribution < 1.29 is 4.74 Å². The number of hydrogen-bond acceptors (Lipinski definition) is 2. The molecule has 13 heavy (non-hydrogen) atoms. The molecule has 1 aromatic rings. The molecule has 0 heterocycles. The van der Waals surface area contributed by atoms with Gasteiger partial charge in [-0.2, -0.15) is 0 Å². The van der Waals surface area contributed by atoms with E-state index in [0.717, 1.165) is 16.3 Å². The van der Waals surface area contributed by atoms with Gasteiger partial charge in [0.25, 0.3) is 0 Å². The number of nitrogens with two attached hydrogens (primary N) is 1. The molecule has 3 heteroatoms. The molecule has 1 aromatic carbocycles. The first-order chi connectivity index (χ1) is 6.19. The zero-order chi connectivity index (χ0) is 9.84. The van der Waals surface area contributed by atoms with E-state index in [1.54, 1.807) is 7.11 Å². The van der Waals surface area contributed by atoms with E-state index in [0.29, 0.717) is 12.5 Å². The summed E-state index contributed by atoms with van der Waals surface area (Å²) >= 11 is 6.05. The Morgan fingerprint density at radius 2 is 2.23 bits per heavy atom. The van der Waals surface area contributed by atoms with Gasteiger partial charge in [0.1, 0.15) is 5.75 Å².